The number of hydrogen-bond donors (Lipinski definition) is 2. The van der Waals surface area contributed by atoms with Gasteiger partial charge >= 0.3 is 0 Å². The maximum Gasteiger partial charge on any atom is 0.271 e. The Bertz CT molecular complexity index is 800. The summed E-state index contributed by atoms with van der Waals surface area (Å²) in [4.78, 5) is 36.7. The summed E-state index contributed by atoms with van der Waals surface area (Å²) < 4.78 is 0. The Morgan fingerprint density at radius 1 is 1.10 bits per heavy atom. The van der Waals surface area contributed by atoms with E-state index in [0.29, 0.717) is 23.4 Å². The van der Waals surface area contributed by atoms with Gasteiger partial charge in [-0.15, -0.1) is 0 Å². The molecule has 0 aliphatic heterocycles. The summed E-state index contributed by atoms with van der Waals surface area (Å²) in [6, 6.07) is 5.19. The first-order chi connectivity index (χ1) is 13.8. The number of nitro groups is 1. The zero-order valence-electron chi connectivity index (χ0n) is 17.0. The van der Waals surface area contributed by atoms with E-state index in [9.17, 15) is 19.7 Å². The van der Waals surface area contributed by atoms with Gasteiger partial charge < -0.3 is 10.6 Å². The molecule has 1 aromatic rings. The van der Waals surface area contributed by atoms with E-state index < -0.39 is 11.0 Å². The molecule has 4 fully saturated rings. The monoisotopic (exact) mass is 399 g/mol. The van der Waals surface area contributed by atoms with Crippen LogP contribution >= 0.6 is 0 Å². The summed E-state index contributed by atoms with van der Waals surface area (Å²) in [5, 5.41) is 16.8. The summed E-state index contributed by atoms with van der Waals surface area (Å²) in [5.41, 5.74) is -0.0337. The number of nitro benzene ring substituents is 1. The zero-order valence-corrected chi connectivity index (χ0v) is 17.0. The molecule has 0 radical (unpaired) electrons. The number of rotatable bonds is 6. The average molecular weight is 399 g/mol. The molecular weight excluding hydrogens is 370 g/mol. The molecule has 0 aromatic heterocycles. The van der Waals surface area contributed by atoms with Gasteiger partial charge in [0.15, 0.2) is 0 Å². The molecule has 2 N–H and O–H groups in total. The lowest BCUT2D eigenvalue weighted by atomic mass is 9.49. The Kier molecular flexibility index (Phi) is 5.09. The van der Waals surface area contributed by atoms with Crippen LogP contribution in [-0.4, -0.2) is 22.8 Å². The van der Waals surface area contributed by atoms with Crippen molar-refractivity contribution < 1.29 is 14.5 Å². The number of nitrogens with one attached hydrogen (secondary N) is 2. The number of carbonyl (C=O) groups is 2. The molecule has 0 heterocycles. The summed E-state index contributed by atoms with van der Waals surface area (Å²) in [5.74, 6) is 1.56. The van der Waals surface area contributed by atoms with Crippen LogP contribution in [0.1, 0.15) is 52.4 Å². The summed E-state index contributed by atoms with van der Waals surface area (Å²) in [6.45, 7) is 3.80. The van der Waals surface area contributed by atoms with Gasteiger partial charge in [0.25, 0.3) is 5.69 Å². The van der Waals surface area contributed by atoms with Crippen LogP contribution in [0, 0.1) is 39.2 Å². The molecule has 29 heavy (non-hydrogen) atoms. The van der Waals surface area contributed by atoms with Crippen molar-refractivity contribution >= 4 is 23.2 Å². The molecule has 156 valence electrons. The Balaban J connectivity index is 1.46. The summed E-state index contributed by atoms with van der Waals surface area (Å²) in [6.07, 6.45) is 6.61. The fourth-order valence-corrected chi connectivity index (χ4v) is 6.14. The standard InChI is InChI=1S/C22H29N3O4/c1-13(2)19(20(26)23-17-4-3-5-18(9-17)25(28)29)24-21(27)22-10-14-6-15(11-22)8-16(7-14)12-22/h3-5,9,13-16,19H,6-8,10-12H2,1-2H3,(H,23,26)(H,24,27). The zero-order chi connectivity index (χ0) is 20.8. The fraction of sp³-hybridized carbons (Fsp3) is 0.636. The van der Waals surface area contributed by atoms with Crippen LogP contribution in [0.25, 0.3) is 0 Å². The molecule has 4 aliphatic carbocycles. The van der Waals surface area contributed by atoms with E-state index in [1.165, 1.54) is 37.5 Å². The highest BCUT2D eigenvalue weighted by atomic mass is 16.6. The topological polar surface area (TPSA) is 101 Å². The van der Waals surface area contributed by atoms with E-state index in [0.717, 1.165) is 19.3 Å². The van der Waals surface area contributed by atoms with Gasteiger partial charge in [-0.25, -0.2) is 0 Å². The Morgan fingerprint density at radius 2 is 1.69 bits per heavy atom. The maximum atomic E-state index is 13.3. The van der Waals surface area contributed by atoms with Gasteiger partial charge in [-0.05, 0) is 68.3 Å². The molecule has 5 rings (SSSR count). The lowest BCUT2D eigenvalue weighted by Crippen LogP contribution is -2.57. The predicted molar refractivity (Wildman–Crippen MR) is 109 cm³/mol. The van der Waals surface area contributed by atoms with Gasteiger partial charge in [-0.3, -0.25) is 19.7 Å². The van der Waals surface area contributed by atoms with Crippen molar-refractivity contribution in [2.45, 2.75) is 58.4 Å². The number of nitrogens with zero attached hydrogens (tertiary/aromatic N) is 1. The minimum Gasteiger partial charge on any atom is -0.344 e. The number of amides is 2. The van der Waals surface area contributed by atoms with E-state index in [2.05, 4.69) is 10.6 Å². The molecule has 0 saturated heterocycles. The predicted octanol–water partition coefficient (Wildman–Crippen LogP) is 3.89. The van der Waals surface area contributed by atoms with E-state index in [4.69, 9.17) is 0 Å². The maximum absolute atomic E-state index is 13.3. The first kappa shape index (κ1) is 19.9. The largest absolute Gasteiger partial charge is 0.344 e. The van der Waals surface area contributed by atoms with Crippen molar-refractivity contribution in [1.29, 1.82) is 0 Å². The molecular formula is C22H29N3O4. The third kappa shape index (κ3) is 3.87. The first-order valence-electron chi connectivity index (χ1n) is 10.6. The van der Waals surface area contributed by atoms with Crippen molar-refractivity contribution in [3.05, 3.63) is 34.4 Å². The van der Waals surface area contributed by atoms with Crippen molar-refractivity contribution in [1.82, 2.24) is 5.32 Å². The normalized spacial score (nSPS) is 30.8. The van der Waals surface area contributed by atoms with E-state index in [-0.39, 0.29) is 28.8 Å². The Labute approximate surface area is 170 Å². The molecule has 1 atom stereocenters. The van der Waals surface area contributed by atoms with Gasteiger partial charge in [-0.2, -0.15) is 0 Å². The van der Waals surface area contributed by atoms with Crippen LogP contribution < -0.4 is 10.6 Å². The number of benzene rings is 1. The number of anilines is 1. The molecule has 0 spiro atoms. The van der Waals surface area contributed by atoms with Crippen LogP contribution in [0.15, 0.2) is 24.3 Å². The second-order valence-electron chi connectivity index (χ2n) is 9.69. The van der Waals surface area contributed by atoms with Crippen molar-refractivity contribution in [3.8, 4) is 0 Å². The number of carbonyl (C=O) groups excluding carboxylic acids is 2. The second-order valence-corrected chi connectivity index (χ2v) is 9.69. The molecule has 7 heteroatoms. The van der Waals surface area contributed by atoms with Gasteiger partial charge in [0.1, 0.15) is 6.04 Å². The molecule has 7 nitrogen and oxygen atoms in total. The molecule has 4 saturated carbocycles. The summed E-state index contributed by atoms with van der Waals surface area (Å²) in [7, 11) is 0. The highest BCUT2D eigenvalue weighted by molar-refractivity contribution is 5.98. The van der Waals surface area contributed by atoms with Gasteiger partial charge in [0.05, 0.1) is 4.92 Å². The van der Waals surface area contributed by atoms with E-state index in [1.54, 1.807) is 6.07 Å². The van der Waals surface area contributed by atoms with Crippen LogP contribution in [0.5, 0.6) is 0 Å². The van der Waals surface area contributed by atoms with Crippen LogP contribution in [0.2, 0.25) is 0 Å². The number of hydrogen-bond acceptors (Lipinski definition) is 4. The quantitative estimate of drug-likeness (QED) is 0.560. The Morgan fingerprint density at radius 3 is 2.21 bits per heavy atom. The summed E-state index contributed by atoms with van der Waals surface area (Å²) >= 11 is 0. The molecule has 4 aliphatic rings. The van der Waals surface area contributed by atoms with Gasteiger partial charge in [-0.1, -0.05) is 19.9 Å². The smallest absolute Gasteiger partial charge is 0.271 e. The highest BCUT2D eigenvalue weighted by Gasteiger charge is 2.55. The highest BCUT2D eigenvalue weighted by Crippen LogP contribution is 2.60. The minimum atomic E-state index is -0.672. The molecule has 2 amide bonds. The van der Waals surface area contributed by atoms with Crippen molar-refractivity contribution in [2.75, 3.05) is 5.32 Å². The minimum absolute atomic E-state index is 0.0180. The molecule has 1 unspecified atom stereocenters. The SMILES string of the molecule is CC(C)C(NC(=O)C12CC3CC(CC(C3)C1)C2)C(=O)Nc1cccc([N+](=O)[O-])c1. The van der Waals surface area contributed by atoms with Crippen molar-refractivity contribution in [2.24, 2.45) is 29.1 Å². The number of non-ortho nitro benzene ring substituents is 1. The fourth-order valence-electron chi connectivity index (χ4n) is 6.14. The van der Waals surface area contributed by atoms with E-state index >= 15 is 0 Å². The van der Waals surface area contributed by atoms with Crippen molar-refractivity contribution in [3.63, 3.8) is 0 Å². The van der Waals surface area contributed by atoms with Crippen LogP contribution in [0.4, 0.5) is 11.4 Å². The lowest BCUT2D eigenvalue weighted by Gasteiger charge is -2.55. The molecule has 1 aromatic carbocycles. The third-order valence-electron chi connectivity index (χ3n) is 7.08. The lowest BCUT2D eigenvalue weighted by molar-refractivity contribution is -0.384. The second kappa shape index (κ2) is 7.43. The van der Waals surface area contributed by atoms with Gasteiger partial charge in [0, 0.05) is 23.2 Å². The molecule has 4 bridgehead atoms. The van der Waals surface area contributed by atoms with E-state index in [1.807, 2.05) is 13.8 Å². The first-order valence-corrected chi connectivity index (χ1v) is 10.6. The Hall–Kier alpha value is -2.44. The van der Waals surface area contributed by atoms with Gasteiger partial charge in [0.2, 0.25) is 11.8 Å². The third-order valence-corrected chi connectivity index (χ3v) is 7.08. The van der Waals surface area contributed by atoms with Crippen LogP contribution in [-0.2, 0) is 9.59 Å². The van der Waals surface area contributed by atoms with Crippen LogP contribution in [0.3, 0.4) is 0 Å². The average Bonchev–Trinajstić information content (AvgIpc) is 2.64.